The first-order valence-corrected chi connectivity index (χ1v) is 8.46. The number of amides is 1. The zero-order valence-corrected chi connectivity index (χ0v) is 15.1. The maximum absolute atomic E-state index is 13.6. The number of nitrogens with one attached hydrogen (secondary N) is 1. The van der Waals surface area contributed by atoms with E-state index in [1.165, 1.54) is 31.3 Å². The third kappa shape index (κ3) is 3.94. The molecule has 27 heavy (non-hydrogen) atoms. The smallest absolute Gasteiger partial charge is 0.340 e. The molecule has 0 fully saturated rings. The molecule has 0 aliphatic carbocycles. The van der Waals surface area contributed by atoms with Crippen molar-refractivity contribution in [2.75, 3.05) is 5.32 Å². The number of carbonyl (C=O) groups is 2. The van der Waals surface area contributed by atoms with Crippen molar-refractivity contribution in [2.45, 2.75) is 32.9 Å². The average molecular weight is 370 g/mol. The summed E-state index contributed by atoms with van der Waals surface area (Å²) in [5.74, 6) is -1.89. The summed E-state index contributed by atoms with van der Waals surface area (Å²) >= 11 is 0. The zero-order valence-electron chi connectivity index (χ0n) is 15.1. The highest BCUT2D eigenvalue weighted by atomic mass is 19.1. The number of fused-ring (bicyclic) bond motifs is 1. The molecule has 0 aliphatic rings. The molecule has 2 heterocycles. The molecule has 0 unspecified atom stereocenters. The number of carbonyl (C=O) groups excluding carboxylic acids is 2. The molecular weight excluding hydrogens is 351 g/mol. The van der Waals surface area contributed by atoms with Crippen molar-refractivity contribution in [1.82, 2.24) is 14.8 Å². The van der Waals surface area contributed by atoms with Crippen LogP contribution in [0.25, 0.3) is 11.0 Å². The van der Waals surface area contributed by atoms with Gasteiger partial charge in [-0.05, 0) is 39.0 Å². The number of para-hydroxylation sites is 1. The number of aromatic nitrogens is 3. The van der Waals surface area contributed by atoms with Crippen LogP contribution in [0.2, 0.25) is 0 Å². The third-order valence-electron chi connectivity index (χ3n) is 3.94. The van der Waals surface area contributed by atoms with Crippen LogP contribution in [0, 0.1) is 5.82 Å². The maximum atomic E-state index is 13.6. The fraction of sp³-hybridized carbons (Fsp3) is 0.263. The lowest BCUT2D eigenvalue weighted by Crippen LogP contribution is -2.30. The molecule has 7 nitrogen and oxygen atoms in total. The van der Waals surface area contributed by atoms with Crippen molar-refractivity contribution in [3.63, 3.8) is 0 Å². The lowest BCUT2D eigenvalue weighted by molar-refractivity contribution is -0.123. The molecule has 8 heteroatoms. The van der Waals surface area contributed by atoms with Gasteiger partial charge in [0.15, 0.2) is 11.8 Å². The maximum Gasteiger partial charge on any atom is 0.340 e. The molecule has 3 aromatic rings. The van der Waals surface area contributed by atoms with Crippen LogP contribution >= 0.6 is 0 Å². The quantitative estimate of drug-likeness (QED) is 0.696. The highest BCUT2D eigenvalue weighted by Crippen LogP contribution is 2.18. The van der Waals surface area contributed by atoms with Gasteiger partial charge in [-0.3, -0.25) is 4.79 Å². The summed E-state index contributed by atoms with van der Waals surface area (Å²) in [6.07, 6.45) is 1.89. The van der Waals surface area contributed by atoms with Crippen LogP contribution in [-0.4, -0.2) is 32.7 Å². The molecule has 140 valence electrons. The van der Waals surface area contributed by atoms with Crippen LogP contribution in [0.3, 0.4) is 0 Å². The van der Waals surface area contributed by atoms with E-state index < -0.39 is 23.8 Å². The van der Waals surface area contributed by atoms with E-state index in [1.807, 2.05) is 13.8 Å². The summed E-state index contributed by atoms with van der Waals surface area (Å²) in [7, 11) is 0. The normalized spacial score (nSPS) is 12.2. The first kappa shape index (κ1) is 18.5. The van der Waals surface area contributed by atoms with Crippen molar-refractivity contribution in [3.8, 4) is 0 Å². The van der Waals surface area contributed by atoms with Crippen LogP contribution in [0.1, 0.15) is 37.2 Å². The molecule has 1 amide bonds. The average Bonchev–Trinajstić information content (AvgIpc) is 3.06. The summed E-state index contributed by atoms with van der Waals surface area (Å²) in [5, 5.41) is 7.33. The second-order valence-corrected chi connectivity index (χ2v) is 6.34. The Morgan fingerprint density at radius 3 is 2.63 bits per heavy atom. The summed E-state index contributed by atoms with van der Waals surface area (Å²) < 4.78 is 20.5. The Bertz CT molecular complexity index is 1000. The van der Waals surface area contributed by atoms with E-state index in [1.54, 1.807) is 23.0 Å². The van der Waals surface area contributed by atoms with Crippen LogP contribution in [0.5, 0.6) is 0 Å². The summed E-state index contributed by atoms with van der Waals surface area (Å²) in [6.45, 7) is 5.37. The van der Waals surface area contributed by atoms with Crippen LogP contribution < -0.4 is 5.32 Å². The zero-order chi connectivity index (χ0) is 19.6. The number of esters is 1. The number of rotatable bonds is 5. The molecule has 0 spiro atoms. The Morgan fingerprint density at radius 2 is 1.93 bits per heavy atom. The first-order chi connectivity index (χ1) is 12.9. The number of anilines is 1. The van der Waals surface area contributed by atoms with Crippen molar-refractivity contribution in [2.24, 2.45) is 0 Å². The van der Waals surface area contributed by atoms with Gasteiger partial charge in [-0.1, -0.05) is 12.1 Å². The standard InChI is InChI=1S/C19H19FN4O3/c1-11(2)24-17-13(10-22-24)8-14(9-21-17)19(26)27-12(3)18(25)23-16-7-5-4-6-15(16)20/h4-12H,1-3H3,(H,23,25)/t12-/m0/s1. The van der Waals surface area contributed by atoms with Crippen molar-refractivity contribution < 1.29 is 18.7 Å². The van der Waals surface area contributed by atoms with E-state index >= 15 is 0 Å². The molecule has 0 aliphatic heterocycles. The van der Waals surface area contributed by atoms with Crippen molar-refractivity contribution in [1.29, 1.82) is 0 Å². The summed E-state index contributed by atoms with van der Waals surface area (Å²) in [6, 6.07) is 7.50. The van der Waals surface area contributed by atoms with Gasteiger partial charge in [0.1, 0.15) is 5.82 Å². The molecule has 1 aromatic carbocycles. The lowest BCUT2D eigenvalue weighted by Gasteiger charge is -2.14. The van der Waals surface area contributed by atoms with E-state index in [9.17, 15) is 14.0 Å². The number of hydrogen-bond acceptors (Lipinski definition) is 5. The molecule has 1 atom stereocenters. The Balaban J connectivity index is 1.70. The third-order valence-corrected chi connectivity index (χ3v) is 3.94. The van der Waals surface area contributed by atoms with E-state index in [4.69, 9.17) is 4.74 Å². The SMILES string of the molecule is CC(C)n1ncc2cc(C(=O)O[C@@H](C)C(=O)Nc3ccccc3F)cnc21. The fourth-order valence-electron chi connectivity index (χ4n) is 2.51. The van der Waals surface area contributed by atoms with Gasteiger partial charge in [0, 0.05) is 17.6 Å². The molecule has 1 N–H and O–H groups in total. The molecule has 3 rings (SSSR count). The van der Waals surface area contributed by atoms with Gasteiger partial charge in [-0.25, -0.2) is 18.9 Å². The second-order valence-electron chi connectivity index (χ2n) is 6.34. The minimum absolute atomic E-state index is 0.0228. The highest BCUT2D eigenvalue weighted by Gasteiger charge is 2.21. The Hall–Kier alpha value is -3.29. The number of hydrogen-bond donors (Lipinski definition) is 1. The largest absolute Gasteiger partial charge is 0.449 e. The molecule has 0 saturated carbocycles. The highest BCUT2D eigenvalue weighted by molar-refractivity contribution is 5.98. The van der Waals surface area contributed by atoms with E-state index in [0.717, 1.165) is 0 Å². The molecule has 0 radical (unpaired) electrons. The van der Waals surface area contributed by atoms with Crippen LogP contribution in [0.15, 0.2) is 42.7 Å². The summed E-state index contributed by atoms with van der Waals surface area (Å²) in [5.41, 5.74) is 0.887. The number of benzene rings is 1. The topological polar surface area (TPSA) is 86.1 Å². The predicted octanol–water partition coefficient (Wildman–Crippen LogP) is 3.34. The van der Waals surface area contributed by atoms with E-state index in [0.29, 0.717) is 11.0 Å². The van der Waals surface area contributed by atoms with Crippen molar-refractivity contribution in [3.05, 3.63) is 54.1 Å². The van der Waals surface area contributed by atoms with Gasteiger partial charge < -0.3 is 10.1 Å². The Labute approximate surface area is 155 Å². The van der Waals surface area contributed by atoms with Gasteiger partial charge in [0.25, 0.3) is 5.91 Å². The van der Waals surface area contributed by atoms with E-state index in [2.05, 4.69) is 15.4 Å². The predicted molar refractivity (Wildman–Crippen MR) is 97.8 cm³/mol. The van der Waals surface area contributed by atoms with E-state index in [-0.39, 0.29) is 17.3 Å². The molecule has 2 aromatic heterocycles. The van der Waals surface area contributed by atoms with Gasteiger partial charge in [-0.15, -0.1) is 0 Å². The minimum Gasteiger partial charge on any atom is -0.449 e. The first-order valence-electron chi connectivity index (χ1n) is 8.46. The van der Waals surface area contributed by atoms with Gasteiger partial charge >= 0.3 is 5.97 Å². The fourth-order valence-corrected chi connectivity index (χ4v) is 2.51. The minimum atomic E-state index is -1.11. The van der Waals surface area contributed by atoms with Gasteiger partial charge in [-0.2, -0.15) is 5.10 Å². The van der Waals surface area contributed by atoms with Gasteiger partial charge in [0.05, 0.1) is 17.4 Å². The molecule has 0 saturated heterocycles. The molecule has 0 bridgehead atoms. The Morgan fingerprint density at radius 1 is 1.19 bits per heavy atom. The van der Waals surface area contributed by atoms with Crippen LogP contribution in [0.4, 0.5) is 10.1 Å². The Kier molecular flexibility index (Phi) is 5.16. The van der Waals surface area contributed by atoms with Gasteiger partial charge in [0.2, 0.25) is 0 Å². The number of halogens is 1. The number of pyridine rings is 1. The van der Waals surface area contributed by atoms with Crippen LogP contribution in [-0.2, 0) is 9.53 Å². The monoisotopic (exact) mass is 370 g/mol. The van der Waals surface area contributed by atoms with Crippen molar-refractivity contribution >= 4 is 28.6 Å². The lowest BCUT2D eigenvalue weighted by atomic mass is 10.2. The number of nitrogens with zero attached hydrogens (tertiary/aromatic N) is 3. The second kappa shape index (κ2) is 7.53. The molecular formula is C19H19FN4O3. The number of ether oxygens (including phenoxy) is 1. The summed E-state index contributed by atoms with van der Waals surface area (Å²) in [4.78, 5) is 28.7.